The molecule has 15 heavy (non-hydrogen) atoms. The molecule has 0 aromatic carbocycles. The monoisotopic (exact) mass is 201 g/mol. The SMILES string of the molecule is CC(C)Cc1ccc(-n2cccn2)nc1. The van der Waals surface area contributed by atoms with Gasteiger partial charge in [0.1, 0.15) is 0 Å². The minimum atomic E-state index is 0.669. The van der Waals surface area contributed by atoms with E-state index in [1.807, 2.05) is 24.5 Å². The average Bonchev–Trinajstić information content (AvgIpc) is 2.71. The Morgan fingerprint density at radius 1 is 1.33 bits per heavy atom. The standard InChI is InChI=1S/C12H15N3/c1-10(2)8-11-4-5-12(13-9-11)15-7-3-6-14-15/h3-7,9-10H,8H2,1-2H3. The highest BCUT2D eigenvalue weighted by Crippen LogP contribution is 2.09. The summed E-state index contributed by atoms with van der Waals surface area (Å²) in [5.41, 5.74) is 1.28. The molecule has 0 fully saturated rings. The molecule has 0 radical (unpaired) electrons. The lowest BCUT2D eigenvalue weighted by molar-refractivity contribution is 0.645. The molecule has 0 bridgehead atoms. The molecule has 0 spiro atoms. The van der Waals surface area contributed by atoms with Gasteiger partial charge in [0.05, 0.1) is 0 Å². The van der Waals surface area contributed by atoms with E-state index in [1.165, 1.54) is 5.56 Å². The van der Waals surface area contributed by atoms with Crippen molar-refractivity contribution in [2.24, 2.45) is 5.92 Å². The molecule has 0 amide bonds. The van der Waals surface area contributed by atoms with Gasteiger partial charge in [-0.3, -0.25) is 0 Å². The molecule has 2 aromatic rings. The van der Waals surface area contributed by atoms with Crippen LogP contribution in [0, 0.1) is 5.92 Å². The Morgan fingerprint density at radius 2 is 2.20 bits per heavy atom. The van der Waals surface area contributed by atoms with E-state index >= 15 is 0 Å². The Morgan fingerprint density at radius 3 is 2.73 bits per heavy atom. The zero-order chi connectivity index (χ0) is 10.7. The van der Waals surface area contributed by atoms with Gasteiger partial charge in [0, 0.05) is 18.6 Å². The van der Waals surface area contributed by atoms with Gasteiger partial charge in [-0.1, -0.05) is 19.9 Å². The normalized spacial score (nSPS) is 10.9. The first-order valence-corrected chi connectivity index (χ1v) is 5.20. The van der Waals surface area contributed by atoms with Crippen LogP contribution in [-0.2, 0) is 6.42 Å². The maximum atomic E-state index is 4.37. The summed E-state index contributed by atoms with van der Waals surface area (Å²) in [6, 6.07) is 6.01. The molecule has 0 atom stereocenters. The topological polar surface area (TPSA) is 30.7 Å². The van der Waals surface area contributed by atoms with Crippen LogP contribution in [0.4, 0.5) is 0 Å². The molecule has 2 heterocycles. The predicted octanol–water partition coefficient (Wildman–Crippen LogP) is 2.47. The Hall–Kier alpha value is -1.64. The average molecular weight is 201 g/mol. The van der Waals surface area contributed by atoms with E-state index in [4.69, 9.17) is 0 Å². The summed E-state index contributed by atoms with van der Waals surface area (Å²) in [7, 11) is 0. The molecular formula is C12H15N3. The predicted molar refractivity (Wildman–Crippen MR) is 59.9 cm³/mol. The van der Waals surface area contributed by atoms with E-state index in [0.717, 1.165) is 12.2 Å². The Bertz CT molecular complexity index is 401. The fraction of sp³-hybridized carbons (Fsp3) is 0.333. The second-order valence-electron chi connectivity index (χ2n) is 4.07. The molecule has 0 unspecified atom stereocenters. The summed E-state index contributed by atoms with van der Waals surface area (Å²) in [4.78, 5) is 4.37. The fourth-order valence-electron chi connectivity index (χ4n) is 1.55. The summed E-state index contributed by atoms with van der Waals surface area (Å²) in [5.74, 6) is 1.54. The van der Waals surface area contributed by atoms with Gasteiger partial charge < -0.3 is 0 Å². The number of hydrogen-bond acceptors (Lipinski definition) is 2. The Kier molecular flexibility index (Phi) is 2.81. The van der Waals surface area contributed by atoms with Crippen LogP contribution in [0.15, 0.2) is 36.8 Å². The van der Waals surface area contributed by atoms with Crippen molar-refractivity contribution >= 4 is 0 Å². The van der Waals surface area contributed by atoms with Crippen molar-refractivity contribution in [3.8, 4) is 5.82 Å². The third kappa shape index (κ3) is 2.43. The van der Waals surface area contributed by atoms with E-state index in [1.54, 1.807) is 10.9 Å². The minimum absolute atomic E-state index is 0.669. The van der Waals surface area contributed by atoms with Crippen LogP contribution in [-0.4, -0.2) is 14.8 Å². The first kappa shape index (κ1) is 9.90. The lowest BCUT2D eigenvalue weighted by atomic mass is 10.1. The van der Waals surface area contributed by atoms with E-state index in [-0.39, 0.29) is 0 Å². The first-order chi connectivity index (χ1) is 7.25. The summed E-state index contributed by atoms with van der Waals surface area (Å²) < 4.78 is 1.76. The summed E-state index contributed by atoms with van der Waals surface area (Å²) in [6.45, 7) is 4.42. The summed E-state index contributed by atoms with van der Waals surface area (Å²) >= 11 is 0. The molecule has 2 aromatic heterocycles. The third-order valence-electron chi connectivity index (χ3n) is 2.19. The smallest absolute Gasteiger partial charge is 0.153 e. The lowest BCUT2D eigenvalue weighted by Gasteiger charge is -2.05. The van der Waals surface area contributed by atoms with Crippen molar-refractivity contribution in [2.75, 3.05) is 0 Å². The van der Waals surface area contributed by atoms with Crippen molar-refractivity contribution in [3.05, 3.63) is 42.4 Å². The largest absolute Gasteiger partial charge is 0.237 e. The highest BCUT2D eigenvalue weighted by Gasteiger charge is 2.00. The molecule has 78 valence electrons. The molecule has 0 saturated carbocycles. The lowest BCUT2D eigenvalue weighted by Crippen LogP contribution is -2.00. The van der Waals surface area contributed by atoms with Gasteiger partial charge >= 0.3 is 0 Å². The van der Waals surface area contributed by atoms with Gasteiger partial charge in [-0.2, -0.15) is 5.10 Å². The van der Waals surface area contributed by atoms with Crippen LogP contribution < -0.4 is 0 Å². The molecule has 3 heteroatoms. The van der Waals surface area contributed by atoms with Gasteiger partial charge in [-0.05, 0) is 30.0 Å². The van der Waals surface area contributed by atoms with E-state index in [0.29, 0.717) is 5.92 Å². The van der Waals surface area contributed by atoms with Crippen molar-refractivity contribution in [1.29, 1.82) is 0 Å². The van der Waals surface area contributed by atoms with Gasteiger partial charge in [-0.15, -0.1) is 0 Å². The molecule has 2 rings (SSSR count). The summed E-state index contributed by atoms with van der Waals surface area (Å²) in [6.07, 6.45) is 6.65. The van der Waals surface area contributed by atoms with E-state index in [2.05, 4.69) is 30.0 Å². The van der Waals surface area contributed by atoms with Crippen molar-refractivity contribution in [1.82, 2.24) is 14.8 Å². The number of nitrogens with zero attached hydrogens (tertiary/aromatic N) is 3. The van der Waals surface area contributed by atoms with Gasteiger partial charge in [0.25, 0.3) is 0 Å². The van der Waals surface area contributed by atoms with E-state index in [9.17, 15) is 0 Å². The second-order valence-corrected chi connectivity index (χ2v) is 4.07. The van der Waals surface area contributed by atoms with Crippen LogP contribution in [0.25, 0.3) is 5.82 Å². The Labute approximate surface area is 89.8 Å². The van der Waals surface area contributed by atoms with Crippen LogP contribution in [0.1, 0.15) is 19.4 Å². The molecule has 0 aliphatic heterocycles. The van der Waals surface area contributed by atoms with Crippen LogP contribution in [0.3, 0.4) is 0 Å². The second kappa shape index (κ2) is 4.26. The van der Waals surface area contributed by atoms with E-state index < -0.39 is 0 Å². The Balaban J connectivity index is 2.17. The van der Waals surface area contributed by atoms with Crippen LogP contribution >= 0.6 is 0 Å². The zero-order valence-corrected chi connectivity index (χ0v) is 9.09. The zero-order valence-electron chi connectivity index (χ0n) is 9.09. The van der Waals surface area contributed by atoms with Crippen LogP contribution in [0.2, 0.25) is 0 Å². The van der Waals surface area contributed by atoms with Gasteiger partial charge in [0.2, 0.25) is 0 Å². The first-order valence-electron chi connectivity index (χ1n) is 5.20. The van der Waals surface area contributed by atoms with Gasteiger partial charge in [0.15, 0.2) is 5.82 Å². The molecule has 0 N–H and O–H groups in total. The van der Waals surface area contributed by atoms with Crippen molar-refractivity contribution in [2.45, 2.75) is 20.3 Å². The number of rotatable bonds is 3. The molecular weight excluding hydrogens is 186 g/mol. The molecule has 0 saturated heterocycles. The van der Waals surface area contributed by atoms with Gasteiger partial charge in [-0.25, -0.2) is 9.67 Å². The van der Waals surface area contributed by atoms with Crippen molar-refractivity contribution < 1.29 is 0 Å². The molecule has 3 nitrogen and oxygen atoms in total. The number of hydrogen-bond donors (Lipinski definition) is 0. The van der Waals surface area contributed by atoms with Crippen molar-refractivity contribution in [3.63, 3.8) is 0 Å². The minimum Gasteiger partial charge on any atom is -0.237 e. The third-order valence-corrected chi connectivity index (χ3v) is 2.19. The maximum absolute atomic E-state index is 4.37. The fourth-order valence-corrected chi connectivity index (χ4v) is 1.55. The summed E-state index contributed by atoms with van der Waals surface area (Å²) in [5, 5.41) is 4.13. The quantitative estimate of drug-likeness (QED) is 0.763. The maximum Gasteiger partial charge on any atom is 0.153 e. The molecule has 0 aliphatic rings. The molecule has 0 aliphatic carbocycles. The highest BCUT2D eigenvalue weighted by atomic mass is 15.3. The highest BCUT2D eigenvalue weighted by molar-refractivity contribution is 5.24. The number of aromatic nitrogens is 3. The van der Waals surface area contributed by atoms with Crippen LogP contribution in [0.5, 0.6) is 0 Å². The number of pyridine rings is 1.